The molecule has 27 heavy (non-hydrogen) atoms. The fourth-order valence-corrected chi connectivity index (χ4v) is 2.44. The van der Waals surface area contributed by atoms with Crippen molar-refractivity contribution in [3.63, 3.8) is 0 Å². The summed E-state index contributed by atoms with van der Waals surface area (Å²) in [5, 5.41) is 0. The number of rotatable bonds is 3. The molecule has 0 aliphatic heterocycles. The van der Waals surface area contributed by atoms with Gasteiger partial charge in [-0.15, -0.1) is 0 Å². The number of hydrogen-bond donors (Lipinski definition) is 0. The fraction of sp³-hybridized carbons (Fsp3) is 0.647. The predicted molar refractivity (Wildman–Crippen MR) is 103 cm³/mol. The van der Waals surface area contributed by atoms with Crippen LogP contribution in [0.4, 0.5) is 15.4 Å². The van der Waals surface area contributed by atoms with Gasteiger partial charge in [-0.2, -0.15) is 4.90 Å². The fourth-order valence-electron chi connectivity index (χ4n) is 1.77. The van der Waals surface area contributed by atoms with Crippen LogP contribution < -0.4 is 15.1 Å². The number of carbonyl (C=O) groups is 2. The number of hydrogen-bond acceptors (Lipinski definition) is 8. The Labute approximate surface area is 159 Å². The van der Waals surface area contributed by atoms with Gasteiger partial charge in [-0.3, -0.25) is 0 Å². The van der Waals surface area contributed by atoms with Crippen LogP contribution in [0.5, 0.6) is 5.88 Å². The van der Waals surface area contributed by atoms with Crippen molar-refractivity contribution in [3.05, 3.63) is 6.20 Å². The summed E-state index contributed by atoms with van der Waals surface area (Å²) < 4.78 is 28.0. The Balaban J connectivity index is 3.48. The summed E-state index contributed by atoms with van der Waals surface area (Å²) in [4.78, 5) is 34.2. The van der Waals surface area contributed by atoms with E-state index >= 15 is 0 Å². The minimum Gasteiger partial charge on any atom is -0.478 e. The first-order valence-electron chi connectivity index (χ1n) is 8.28. The SMILES string of the molecule is COc1nc(P(C)(C)=O)cnc1N(C(=O)OC(C)(C)C)C(=O)OC(C)(C)C. The molecule has 0 aliphatic rings. The molecule has 0 aliphatic carbocycles. The molecule has 0 unspecified atom stereocenters. The van der Waals surface area contributed by atoms with Gasteiger partial charge in [0.2, 0.25) is 5.82 Å². The van der Waals surface area contributed by atoms with Gasteiger partial charge in [-0.25, -0.2) is 19.6 Å². The number of imide groups is 1. The van der Waals surface area contributed by atoms with E-state index in [2.05, 4.69) is 9.97 Å². The van der Waals surface area contributed by atoms with Crippen LogP contribution in [0.1, 0.15) is 41.5 Å². The second kappa shape index (κ2) is 7.84. The summed E-state index contributed by atoms with van der Waals surface area (Å²) in [6.45, 7) is 13.0. The van der Waals surface area contributed by atoms with E-state index in [1.165, 1.54) is 26.6 Å². The number of anilines is 1. The summed E-state index contributed by atoms with van der Waals surface area (Å²) in [6, 6.07) is 0. The molecule has 1 aromatic heterocycles. The van der Waals surface area contributed by atoms with Crippen LogP contribution in [0, 0.1) is 0 Å². The summed E-state index contributed by atoms with van der Waals surface area (Å²) in [5.41, 5.74) is -1.52. The van der Waals surface area contributed by atoms with Crippen molar-refractivity contribution in [2.45, 2.75) is 52.7 Å². The van der Waals surface area contributed by atoms with Crippen LogP contribution in [-0.4, -0.2) is 53.8 Å². The number of ether oxygens (including phenoxy) is 3. The van der Waals surface area contributed by atoms with Gasteiger partial charge < -0.3 is 18.8 Å². The molecule has 0 atom stereocenters. The van der Waals surface area contributed by atoms with E-state index in [1.807, 2.05) is 0 Å². The highest BCUT2D eigenvalue weighted by atomic mass is 31.2. The molecule has 2 amide bonds. The number of carbonyl (C=O) groups excluding carboxylic acids is 2. The molecule has 1 rings (SSSR count). The topological polar surface area (TPSA) is 108 Å². The third kappa shape index (κ3) is 6.82. The lowest BCUT2D eigenvalue weighted by Gasteiger charge is -2.28. The lowest BCUT2D eigenvalue weighted by Crippen LogP contribution is -2.44. The minimum absolute atomic E-state index is 0.145. The first kappa shape index (κ1) is 22.9. The quantitative estimate of drug-likeness (QED) is 0.709. The normalized spacial score (nSPS) is 12.3. The molecule has 0 spiro atoms. The van der Waals surface area contributed by atoms with Crippen molar-refractivity contribution in [2.75, 3.05) is 25.3 Å². The molecule has 0 fully saturated rings. The summed E-state index contributed by atoms with van der Waals surface area (Å²) >= 11 is 0. The molecular formula is C17H28N3O6P. The van der Waals surface area contributed by atoms with Gasteiger partial charge in [-0.1, -0.05) is 0 Å². The highest BCUT2D eigenvalue weighted by Gasteiger charge is 2.36. The van der Waals surface area contributed by atoms with Crippen molar-refractivity contribution in [1.29, 1.82) is 0 Å². The first-order valence-corrected chi connectivity index (χ1v) is 10.9. The molecule has 10 heteroatoms. The zero-order valence-corrected chi connectivity index (χ0v) is 18.2. The lowest BCUT2D eigenvalue weighted by molar-refractivity contribution is 0.0427. The van der Waals surface area contributed by atoms with Crippen molar-refractivity contribution >= 4 is 30.6 Å². The van der Waals surface area contributed by atoms with E-state index in [-0.39, 0.29) is 17.1 Å². The lowest BCUT2D eigenvalue weighted by atomic mass is 10.2. The van der Waals surface area contributed by atoms with E-state index in [0.29, 0.717) is 4.90 Å². The van der Waals surface area contributed by atoms with Crippen LogP contribution in [-0.2, 0) is 14.0 Å². The summed E-state index contributed by atoms with van der Waals surface area (Å²) in [5.74, 6) is -0.355. The predicted octanol–water partition coefficient (Wildman–Crippen LogP) is 3.41. The van der Waals surface area contributed by atoms with Crippen LogP contribution in [0.15, 0.2) is 6.20 Å². The molecule has 0 bridgehead atoms. The molecule has 0 aromatic carbocycles. The van der Waals surface area contributed by atoms with Crippen LogP contribution in [0.3, 0.4) is 0 Å². The van der Waals surface area contributed by atoms with Crippen LogP contribution in [0.25, 0.3) is 0 Å². The average molecular weight is 401 g/mol. The third-order valence-electron chi connectivity index (χ3n) is 2.82. The van der Waals surface area contributed by atoms with Crippen LogP contribution >= 0.6 is 7.14 Å². The second-order valence-electron chi connectivity index (χ2n) is 8.21. The zero-order chi connectivity index (χ0) is 21.2. The first-order chi connectivity index (χ1) is 12.0. The van der Waals surface area contributed by atoms with Crippen molar-refractivity contribution < 1.29 is 28.4 Å². The second-order valence-corrected chi connectivity index (χ2v) is 11.4. The standard InChI is InChI=1S/C17H28N3O6P/c1-16(2,3)25-14(21)20(15(22)26-17(4,5)6)12-13(24-7)19-11(10-18-12)27(8,9)23/h10H,1-9H3. The molecule has 0 N–H and O–H groups in total. The average Bonchev–Trinajstić information content (AvgIpc) is 2.42. The Morgan fingerprint density at radius 1 is 1.00 bits per heavy atom. The Hall–Kier alpha value is -2.15. The summed E-state index contributed by atoms with van der Waals surface area (Å²) in [6.07, 6.45) is -0.748. The van der Waals surface area contributed by atoms with Gasteiger partial charge in [0.1, 0.15) is 23.8 Å². The van der Waals surface area contributed by atoms with Crippen molar-refractivity contribution in [2.24, 2.45) is 0 Å². The minimum atomic E-state index is -2.73. The maximum atomic E-state index is 12.7. The Kier molecular flexibility index (Phi) is 6.65. The smallest absolute Gasteiger partial charge is 0.425 e. The Bertz CT molecular complexity index is 733. The Morgan fingerprint density at radius 3 is 1.78 bits per heavy atom. The van der Waals surface area contributed by atoms with E-state index in [1.54, 1.807) is 41.5 Å². The highest BCUT2D eigenvalue weighted by molar-refractivity contribution is 7.69. The van der Waals surface area contributed by atoms with Crippen molar-refractivity contribution in [3.8, 4) is 5.88 Å². The third-order valence-corrected chi connectivity index (χ3v) is 4.14. The molecule has 0 saturated carbocycles. The highest BCUT2D eigenvalue weighted by Crippen LogP contribution is 2.35. The molecular weight excluding hydrogens is 373 g/mol. The van der Waals surface area contributed by atoms with Crippen molar-refractivity contribution in [1.82, 2.24) is 9.97 Å². The zero-order valence-electron chi connectivity index (χ0n) is 17.3. The van der Waals surface area contributed by atoms with Gasteiger partial charge in [0.15, 0.2) is 0 Å². The van der Waals surface area contributed by atoms with Gasteiger partial charge in [-0.05, 0) is 54.9 Å². The molecule has 0 radical (unpaired) electrons. The molecule has 1 aromatic rings. The number of nitrogens with zero attached hydrogens (tertiary/aromatic N) is 3. The molecule has 152 valence electrons. The van der Waals surface area contributed by atoms with E-state index in [4.69, 9.17) is 14.2 Å². The van der Waals surface area contributed by atoms with Gasteiger partial charge >= 0.3 is 12.2 Å². The van der Waals surface area contributed by atoms with Gasteiger partial charge in [0.05, 0.1) is 13.3 Å². The van der Waals surface area contributed by atoms with E-state index < -0.39 is 30.5 Å². The van der Waals surface area contributed by atoms with Gasteiger partial charge in [0.25, 0.3) is 5.88 Å². The number of aromatic nitrogens is 2. The number of amides is 2. The van der Waals surface area contributed by atoms with E-state index in [9.17, 15) is 14.2 Å². The van der Waals surface area contributed by atoms with E-state index in [0.717, 1.165) is 0 Å². The maximum absolute atomic E-state index is 12.7. The number of methoxy groups -OCH3 is 1. The monoisotopic (exact) mass is 401 g/mol. The molecule has 9 nitrogen and oxygen atoms in total. The largest absolute Gasteiger partial charge is 0.478 e. The van der Waals surface area contributed by atoms with Gasteiger partial charge in [0, 0.05) is 0 Å². The molecule has 0 saturated heterocycles. The van der Waals surface area contributed by atoms with Crippen LogP contribution in [0.2, 0.25) is 0 Å². The molecule has 1 heterocycles. The maximum Gasteiger partial charge on any atom is 0.425 e. The summed E-state index contributed by atoms with van der Waals surface area (Å²) in [7, 11) is -1.43. The Morgan fingerprint density at radius 2 is 1.44 bits per heavy atom.